The van der Waals surface area contributed by atoms with Crippen molar-refractivity contribution in [3.8, 4) is 5.75 Å². The number of piperidine rings is 1. The minimum Gasteiger partial charge on any atom is -0.496 e. The van der Waals surface area contributed by atoms with Crippen LogP contribution in [-0.4, -0.2) is 48.4 Å². The quantitative estimate of drug-likeness (QED) is 0.352. The van der Waals surface area contributed by atoms with Gasteiger partial charge < -0.3 is 20.7 Å². The Kier molecular flexibility index (Phi) is 7.66. The van der Waals surface area contributed by atoms with Gasteiger partial charge in [-0.25, -0.2) is 0 Å². The molecule has 0 radical (unpaired) electrons. The van der Waals surface area contributed by atoms with Crippen LogP contribution in [0.4, 0.5) is 11.4 Å². The number of methoxy groups -OCH3 is 1. The Labute approximate surface area is 190 Å². The van der Waals surface area contributed by atoms with Crippen molar-refractivity contribution >= 4 is 34.8 Å². The number of ether oxygens (including phenoxy) is 1. The van der Waals surface area contributed by atoms with Gasteiger partial charge in [0.1, 0.15) is 11.4 Å². The molecule has 1 fully saturated rings. The Morgan fingerprint density at radius 3 is 2.25 bits per heavy atom. The van der Waals surface area contributed by atoms with E-state index in [1.165, 1.54) is 31.2 Å². The van der Waals surface area contributed by atoms with Crippen LogP contribution in [0.5, 0.6) is 5.75 Å². The van der Waals surface area contributed by atoms with Crippen molar-refractivity contribution in [2.45, 2.75) is 31.2 Å². The lowest BCUT2D eigenvalue weighted by atomic mass is 10.1. The van der Waals surface area contributed by atoms with Crippen molar-refractivity contribution in [1.29, 1.82) is 0 Å². The first-order valence-electron chi connectivity index (χ1n) is 10.2. The van der Waals surface area contributed by atoms with Gasteiger partial charge in [-0.05, 0) is 37.1 Å². The number of hydrogen-bond donors (Lipinski definition) is 3. The van der Waals surface area contributed by atoms with Crippen molar-refractivity contribution in [2.75, 3.05) is 25.5 Å². The van der Waals surface area contributed by atoms with Gasteiger partial charge in [-0.3, -0.25) is 19.7 Å². The first kappa shape index (κ1) is 23.5. The lowest BCUT2D eigenvalue weighted by Crippen LogP contribution is -2.42. The molecule has 1 aromatic carbocycles. The summed E-state index contributed by atoms with van der Waals surface area (Å²) in [4.78, 5) is 34.3. The Bertz CT molecular complexity index is 990. The number of benzene rings is 1. The first-order valence-corrected chi connectivity index (χ1v) is 10.6. The molecule has 4 rings (SSSR count). The molecule has 3 N–H and O–H groups in total. The lowest BCUT2D eigenvalue weighted by Gasteiger charge is -2.24. The van der Waals surface area contributed by atoms with Crippen LogP contribution in [0.2, 0.25) is 0 Å². The highest BCUT2D eigenvalue weighted by Gasteiger charge is 2.25. The largest absolute Gasteiger partial charge is 0.496 e. The van der Waals surface area contributed by atoms with Gasteiger partial charge in [0.05, 0.1) is 23.0 Å². The summed E-state index contributed by atoms with van der Waals surface area (Å²) in [6, 6.07) is 2.43. The smallest absolute Gasteiger partial charge is 0.293 e. The monoisotopic (exact) mass is 460 g/mol. The molecule has 2 bridgehead atoms. The number of allylic oxidation sites excluding steroid dienone is 6. The number of carbonyl (C=O) groups is 2. The van der Waals surface area contributed by atoms with Crippen molar-refractivity contribution in [1.82, 2.24) is 10.6 Å². The first-order chi connectivity index (χ1) is 15.3. The standard InChI is InChI=1S/C15H20N4O5.C7H5Cl/c1-9(20)17-12-8-14(24-2)11(7-13(12)19(22)23)15(21)18-10-3-5-16-6-4-10;8-7-5-1-2-6(7)4-3-5/h7-8,10,16H,3-6H2,1-2H3,(H,17,20)(H,18,21);1-4,7H. The maximum atomic E-state index is 12.5. The van der Waals surface area contributed by atoms with Gasteiger partial charge in [-0.1, -0.05) is 24.3 Å². The molecule has 0 aromatic heterocycles. The summed E-state index contributed by atoms with van der Waals surface area (Å²) >= 11 is 5.88. The lowest BCUT2D eigenvalue weighted by molar-refractivity contribution is -0.384. The third-order valence-electron chi connectivity index (χ3n) is 5.27. The van der Waals surface area contributed by atoms with Crippen LogP contribution >= 0.6 is 11.6 Å². The van der Waals surface area contributed by atoms with E-state index in [0.29, 0.717) is 0 Å². The van der Waals surface area contributed by atoms with Gasteiger partial charge >= 0.3 is 0 Å². The molecule has 1 saturated heterocycles. The number of nitrogens with zero attached hydrogens (tertiary/aromatic N) is 1. The average molecular weight is 461 g/mol. The fraction of sp³-hybridized carbons (Fsp3) is 0.364. The molecule has 170 valence electrons. The SMILES string of the molecule is COc1cc(NC(C)=O)c([N+](=O)[O-])cc1C(=O)NC1CCNCC1.ClC1C2=CC=C1C=C2. The van der Waals surface area contributed by atoms with Crippen LogP contribution in [0.3, 0.4) is 0 Å². The highest BCUT2D eigenvalue weighted by molar-refractivity contribution is 6.25. The zero-order valence-corrected chi connectivity index (χ0v) is 18.6. The number of hydrogen-bond acceptors (Lipinski definition) is 6. The second kappa shape index (κ2) is 10.4. The zero-order valence-electron chi connectivity index (χ0n) is 17.8. The van der Waals surface area contributed by atoms with E-state index >= 15 is 0 Å². The van der Waals surface area contributed by atoms with Crippen LogP contribution in [0, 0.1) is 10.1 Å². The van der Waals surface area contributed by atoms with Crippen molar-refractivity contribution in [2.24, 2.45) is 0 Å². The molecule has 1 aromatic rings. The molecule has 0 atom stereocenters. The highest BCUT2D eigenvalue weighted by atomic mass is 35.5. The Balaban J connectivity index is 0.000000297. The summed E-state index contributed by atoms with van der Waals surface area (Å²) in [5.41, 5.74) is 2.17. The Hall–Kier alpha value is -3.17. The number of alkyl halides is 1. The summed E-state index contributed by atoms with van der Waals surface area (Å²) in [6.45, 7) is 2.86. The molecule has 1 heterocycles. The molecule has 9 nitrogen and oxygen atoms in total. The highest BCUT2D eigenvalue weighted by Crippen LogP contribution is 2.33. The number of nitrogens with one attached hydrogen (secondary N) is 3. The minimum atomic E-state index is -0.647. The van der Waals surface area contributed by atoms with Crippen LogP contribution in [-0.2, 0) is 4.79 Å². The van der Waals surface area contributed by atoms with E-state index in [1.54, 1.807) is 0 Å². The minimum absolute atomic E-state index is 0.0113. The molecule has 3 aliphatic rings. The molecule has 32 heavy (non-hydrogen) atoms. The summed E-state index contributed by atoms with van der Waals surface area (Å²) in [5, 5.41) is 19.9. The topological polar surface area (TPSA) is 123 Å². The van der Waals surface area contributed by atoms with Crippen molar-refractivity contribution in [3.05, 3.63) is 63.3 Å². The molecule has 10 heteroatoms. The summed E-state index contributed by atoms with van der Waals surface area (Å²) < 4.78 is 5.17. The van der Waals surface area contributed by atoms with Crippen molar-refractivity contribution < 1.29 is 19.2 Å². The molecular weight excluding hydrogens is 436 g/mol. The van der Waals surface area contributed by atoms with Crippen LogP contribution < -0.4 is 20.7 Å². The number of halogens is 1. The number of rotatable bonds is 5. The normalized spacial score (nSPS) is 17.1. The van der Waals surface area contributed by atoms with E-state index in [4.69, 9.17) is 16.3 Å². The van der Waals surface area contributed by atoms with Crippen LogP contribution in [0.15, 0.2) is 47.6 Å². The number of nitro groups is 1. The van der Waals surface area contributed by atoms with Crippen LogP contribution in [0.1, 0.15) is 30.1 Å². The summed E-state index contributed by atoms with van der Waals surface area (Å²) in [6.07, 6.45) is 9.83. The average Bonchev–Trinajstić information content (AvgIpc) is 3.30. The fourth-order valence-corrected chi connectivity index (χ4v) is 3.90. The summed E-state index contributed by atoms with van der Waals surface area (Å²) in [5.74, 6) is -0.723. The molecule has 0 saturated carbocycles. The molecule has 0 spiro atoms. The molecule has 2 amide bonds. The van der Waals surface area contributed by atoms with Gasteiger partial charge in [0, 0.05) is 25.1 Å². The van der Waals surface area contributed by atoms with E-state index in [-0.39, 0.29) is 34.1 Å². The number of carbonyl (C=O) groups excluding carboxylic acids is 2. The number of nitro benzene ring substituents is 1. The molecular formula is C22H25ClN4O5. The number of anilines is 1. The predicted molar refractivity (Wildman–Crippen MR) is 122 cm³/mol. The summed E-state index contributed by atoms with van der Waals surface area (Å²) in [7, 11) is 1.36. The van der Waals surface area contributed by atoms with E-state index in [1.807, 2.05) is 0 Å². The molecule has 0 unspecified atom stereocenters. The van der Waals surface area contributed by atoms with Gasteiger partial charge in [-0.2, -0.15) is 0 Å². The third kappa shape index (κ3) is 5.54. The second-order valence-corrected chi connectivity index (χ2v) is 7.97. The predicted octanol–water partition coefficient (Wildman–Crippen LogP) is 3.07. The van der Waals surface area contributed by atoms with E-state index in [2.05, 4.69) is 40.3 Å². The molecule has 2 aliphatic carbocycles. The van der Waals surface area contributed by atoms with E-state index in [0.717, 1.165) is 32.0 Å². The number of fused-ring (bicyclic) bond motifs is 2. The maximum Gasteiger partial charge on any atom is 0.293 e. The van der Waals surface area contributed by atoms with Gasteiger partial charge in [-0.15, -0.1) is 11.6 Å². The van der Waals surface area contributed by atoms with Gasteiger partial charge in [0.15, 0.2) is 0 Å². The van der Waals surface area contributed by atoms with E-state index < -0.39 is 16.7 Å². The maximum absolute atomic E-state index is 12.5. The zero-order chi connectivity index (χ0) is 23.3. The fourth-order valence-electron chi connectivity index (χ4n) is 3.61. The van der Waals surface area contributed by atoms with E-state index in [9.17, 15) is 19.7 Å². The van der Waals surface area contributed by atoms with Gasteiger partial charge in [0.25, 0.3) is 11.6 Å². The Morgan fingerprint density at radius 1 is 1.19 bits per heavy atom. The van der Waals surface area contributed by atoms with Crippen molar-refractivity contribution in [3.63, 3.8) is 0 Å². The second-order valence-electron chi connectivity index (χ2n) is 7.53. The van der Waals surface area contributed by atoms with Crippen LogP contribution in [0.25, 0.3) is 0 Å². The number of amides is 2. The molecule has 1 aliphatic heterocycles. The van der Waals surface area contributed by atoms with Gasteiger partial charge in [0.2, 0.25) is 5.91 Å². The Morgan fingerprint density at radius 2 is 1.81 bits per heavy atom. The third-order valence-corrected chi connectivity index (χ3v) is 5.77.